The molecule has 0 fully saturated rings. The lowest BCUT2D eigenvalue weighted by atomic mass is 10.2. The van der Waals surface area contributed by atoms with E-state index in [1.165, 1.54) is 4.68 Å². The molecule has 0 spiro atoms. The molecular formula is C18H13Cl2N3O3S. The Morgan fingerprint density at radius 2 is 1.56 bits per heavy atom. The number of halogens is 2. The molecule has 4 rings (SSSR count). The van der Waals surface area contributed by atoms with E-state index in [0.717, 1.165) is 0 Å². The third-order valence-electron chi connectivity index (χ3n) is 4.20. The maximum absolute atomic E-state index is 12.7. The lowest BCUT2D eigenvalue weighted by Crippen LogP contribution is -2.17. The van der Waals surface area contributed by atoms with E-state index in [-0.39, 0.29) is 17.4 Å². The highest BCUT2D eigenvalue weighted by atomic mass is 35.5. The Morgan fingerprint density at radius 1 is 0.963 bits per heavy atom. The Kier molecular flexibility index (Phi) is 4.46. The third kappa shape index (κ3) is 3.58. The van der Waals surface area contributed by atoms with Gasteiger partial charge in [-0.05, 0) is 48.5 Å². The molecule has 0 radical (unpaired) electrons. The van der Waals surface area contributed by atoms with Gasteiger partial charge in [0.15, 0.2) is 9.84 Å². The second-order valence-electron chi connectivity index (χ2n) is 6.16. The van der Waals surface area contributed by atoms with Gasteiger partial charge in [0.1, 0.15) is 5.82 Å². The minimum Gasteiger partial charge on any atom is -0.306 e. The van der Waals surface area contributed by atoms with Crippen LogP contribution in [0.2, 0.25) is 10.0 Å². The first-order valence-corrected chi connectivity index (χ1v) is 10.5. The number of rotatable bonds is 3. The van der Waals surface area contributed by atoms with Crippen molar-refractivity contribution < 1.29 is 13.2 Å². The molecule has 0 saturated heterocycles. The number of carbonyl (C=O) groups is 1. The molecule has 1 aliphatic rings. The van der Waals surface area contributed by atoms with Gasteiger partial charge in [0, 0.05) is 21.2 Å². The van der Waals surface area contributed by atoms with Gasteiger partial charge in [-0.1, -0.05) is 23.2 Å². The second kappa shape index (κ2) is 6.67. The van der Waals surface area contributed by atoms with E-state index in [1.807, 2.05) is 0 Å². The van der Waals surface area contributed by atoms with Gasteiger partial charge in [0.2, 0.25) is 0 Å². The van der Waals surface area contributed by atoms with E-state index in [4.69, 9.17) is 23.2 Å². The summed E-state index contributed by atoms with van der Waals surface area (Å²) in [5.41, 5.74) is 2.01. The number of hydrogen-bond acceptors (Lipinski definition) is 4. The van der Waals surface area contributed by atoms with E-state index in [0.29, 0.717) is 38.4 Å². The molecule has 6 nitrogen and oxygen atoms in total. The van der Waals surface area contributed by atoms with Crippen LogP contribution in [0.1, 0.15) is 21.6 Å². The lowest BCUT2D eigenvalue weighted by molar-refractivity contribution is 0.102. The van der Waals surface area contributed by atoms with Crippen LogP contribution in [0.5, 0.6) is 0 Å². The fourth-order valence-corrected chi connectivity index (χ4v) is 4.67. The van der Waals surface area contributed by atoms with E-state index < -0.39 is 9.84 Å². The fraction of sp³-hybridized carbons (Fsp3) is 0.111. The normalized spacial score (nSPS) is 14.7. The van der Waals surface area contributed by atoms with Gasteiger partial charge in [-0.2, -0.15) is 5.10 Å². The Balaban J connectivity index is 1.77. The highest BCUT2D eigenvalue weighted by Crippen LogP contribution is 2.33. The smallest absolute Gasteiger partial charge is 0.256 e. The standard InChI is InChI=1S/C18H13Cl2N3O3S/c19-12-3-1-11(2-4-12)18(24)21-17-15-9-27(25,26)10-16(15)22-23(17)14-7-5-13(20)6-8-14/h1-8H,9-10H2,(H,21,24). The molecular weight excluding hydrogens is 409 g/mol. The monoisotopic (exact) mass is 421 g/mol. The maximum atomic E-state index is 12.7. The molecule has 0 bridgehead atoms. The largest absolute Gasteiger partial charge is 0.306 e. The van der Waals surface area contributed by atoms with Crippen molar-refractivity contribution in [3.63, 3.8) is 0 Å². The zero-order valence-corrected chi connectivity index (χ0v) is 16.1. The molecule has 2 heterocycles. The van der Waals surface area contributed by atoms with Crippen LogP contribution in [0, 0.1) is 0 Å². The summed E-state index contributed by atoms with van der Waals surface area (Å²) >= 11 is 11.8. The highest BCUT2D eigenvalue weighted by Gasteiger charge is 2.33. The molecule has 1 N–H and O–H groups in total. The van der Waals surface area contributed by atoms with Crippen LogP contribution in [0.3, 0.4) is 0 Å². The summed E-state index contributed by atoms with van der Waals surface area (Å²) in [5, 5.41) is 8.29. The van der Waals surface area contributed by atoms with Crippen LogP contribution in [-0.4, -0.2) is 24.1 Å². The van der Waals surface area contributed by atoms with Gasteiger partial charge in [-0.15, -0.1) is 0 Å². The molecule has 138 valence electrons. The van der Waals surface area contributed by atoms with Crippen molar-refractivity contribution in [1.82, 2.24) is 9.78 Å². The summed E-state index contributed by atoms with van der Waals surface area (Å²) in [5.74, 6) is -0.346. The first kappa shape index (κ1) is 18.0. The quantitative estimate of drug-likeness (QED) is 0.695. The molecule has 1 aliphatic heterocycles. The molecule has 1 amide bonds. The summed E-state index contributed by atoms with van der Waals surface area (Å²) in [6.07, 6.45) is 0. The van der Waals surface area contributed by atoms with Crippen LogP contribution < -0.4 is 5.32 Å². The van der Waals surface area contributed by atoms with Crippen LogP contribution in [0.15, 0.2) is 48.5 Å². The van der Waals surface area contributed by atoms with E-state index in [1.54, 1.807) is 48.5 Å². The van der Waals surface area contributed by atoms with Crippen molar-refractivity contribution in [2.24, 2.45) is 0 Å². The van der Waals surface area contributed by atoms with Gasteiger partial charge in [0.25, 0.3) is 5.91 Å². The molecule has 9 heteroatoms. The van der Waals surface area contributed by atoms with Gasteiger partial charge >= 0.3 is 0 Å². The first-order valence-electron chi connectivity index (χ1n) is 7.96. The number of benzene rings is 2. The average Bonchev–Trinajstić information content (AvgIpc) is 3.09. The minimum atomic E-state index is -3.26. The van der Waals surface area contributed by atoms with E-state index in [9.17, 15) is 13.2 Å². The van der Waals surface area contributed by atoms with Crippen molar-refractivity contribution in [3.05, 3.63) is 75.4 Å². The van der Waals surface area contributed by atoms with Gasteiger partial charge in [-0.3, -0.25) is 4.79 Å². The molecule has 3 aromatic rings. The minimum absolute atomic E-state index is 0.146. The molecule has 1 aromatic heterocycles. The Hall–Kier alpha value is -2.35. The Morgan fingerprint density at radius 3 is 2.19 bits per heavy atom. The molecule has 0 unspecified atom stereocenters. The first-order chi connectivity index (χ1) is 12.8. The average molecular weight is 422 g/mol. The summed E-state index contributed by atoms with van der Waals surface area (Å²) in [4.78, 5) is 12.7. The summed E-state index contributed by atoms with van der Waals surface area (Å²) < 4.78 is 25.5. The maximum Gasteiger partial charge on any atom is 0.256 e. The Labute approximate surface area is 165 Å². The summed E-state index contributed by atoms with van der Waals surface area (Å²) in [6.45, 7) is 0. The summed E-state index contributed by atoms with van der Waals surface area (Å²) in [6, 6.07) is 13.3. The van der Waals surface area contributed by atoms with Crippen molar-refractivity contribution in [2.45, 2.75) is 11.5 Å². The predicted octanol–water partition coefficient (Wildman–Crippen LogP) is 3.86. The predicted molar refractivity (Wildman–Crippen MR) is 104 cm³/mol. The number of hydrogen-bond donors (Lipinski definition) is 1. The zero-order valence-electron chi connectivity index (χ0n) is 13.8. The van der Waals surface area contributed by atoms with Crippen LogP contribution in [-0.2, 0) is 21.3 Å². The Bertz CT molecular complexity index is 1140. The zero-order chi connectivity index (χ0) is 19.2. The number of aromatic nitrogens is 2. The van der Waals surface area contributed by atoms with Gasteiger partial charge < -0.3 is 5.32 Å². The third-order valence-corrected chi connectivity index (χ3v) is 6.14. The fourth-order valence-electron chi connectivity index (χ4n) is 2.92. The van der Waals surface area contributed by atoms with Crippen molar-refractivity contribution >= 4 is 44.8 Å². The molecule has 0 atom stereocenters. The summed E-state index contributed by atoms with van der Waals surface area (Å²) in [7, 11) is -3.26. The van der Waals surface area contributed by atoms with Crippen molar-refractivity contribution in [3.8, 4) is 5.69 Å². The number of fused-ring (bicyclic) bond motifs is 1. The molecule has 27 heavy (non-hydrogen) atoms. The van der Waals surface area contributed by atoms with Gasteiger partial charge in [0.05, 0.1) is 22.9 Å². The van der Waals surface area contributed by atoms with Crippen molar-refractivity contribution in [2.75, 3.05) is 5.32 Å². The molecule has 0 saturated carbocycles. The van der Waals surface area contributed by atoms with Crippen LogP contribution in [0.25, 0.3) is 5.69 Å². The number of anilines is 1. The highest BCUT2D eigenvalue weighted by molar-refractivity contribution is 7.90. The van der Waals surface area contributed by atoms with Crippen LogP contribution in [0.4, 0.5) is 5.82 Å². The number of amides is 1. The van der Waals surface area contributed by atoms with E-state index >= 15 is 0 Å². The topological polar surface area (TPSA) is 81.1 Å². The number of sulfone groups is 1. The lowest BCUT2D eigenvalue weighted by Gasteiger charge is -2.11. The number of nitrogens with zero attached hydrogens (tertiary/aromatic N) is 2. The second-order valence-corrected chi connectivity index (χ2v) is 9.09. The van der Waals surface area contributed by atoms with E-state index in [2.05, 4.69) is 10.4 Å². The number of nitrogens with one attached hydrogen (secondary N) is 1. The van der Waals surface area contributed by atoms with Gasteiger partial charge in [-0.25, -0.2) is 13.1 Å². The number of carbonyl (C=O) groups excluding carboxylic acids is 1. The van der Waals surface area contributed by atoms with Crippen LogP contribution >= 0.6 is 23.2 Å². The SMILES string of the molecule is O=C(Nc1c2c(nn1-c1ccc(Cl)cc1)CS(=O)(=O)C2)c1ccc(Cl)cc1. The molecule has 2 aromatic carbocycles. The van der Waals surface area contributed by atoms with Crippen molar-refractivity contribution in [1.29, 1.82) is 0 Å². The molecule has 0 aliphatic carbocycles.